The summed E-state index contributed by atoms with van der Waals surface area (Å²) >= 11 is 0. The molecule has 4 heteroatoms. The zero-order valence-electron chi connectivity index (χ0n) is 13.8. The Kier molecular flexibility index (Phi) is 6.11. The van der Waals surface area contributed by atoms with Gasteiger partial charge in [0.2, 0.25) is 0 Å². The third-order valence-corrected chi connectivity index (χ3v) is 4.60. The highest BCUT2D eigenvalue weighted by molar-refractivity contribution is 7.84. The Morgan fingerprint density at radius 1 is 1.04 bits per heavy atom. The normalized spacial score (nSPS) is 13.6. The molecule has 2 unspecified atom stereocenters. The van der Waals surface area contributed by atoms with Crippen LogP contribution in [0.5, 0.6) is 0 Å². The van der Waals surface area contributed by atoms with Crippen molar-refractivity contribution in [2.75, 3.05) is 6.26 Å². The van der Waals surface area contributed by atoms with Crippen LogP contribution in [0.25, 0.3) is 0 Å². The molecule has 0 bridgehead atoms. The van der Waals surface area contributed by atoms with Gasteiger partial charge in [-0.2, -0.15) is 0 Å². The number of carbonyl (C=O) groups is 1. The van der Waals surface area contributed by atoms with E-state index in [1.807, 2.05) is 30.3 Å². The van der Waals surface area contributed by atoms with Crippen LogP contribution in [-0.2, 0) is 10.8 Å². The number of nitrogens with one attached hydrogen (secondary N) is 1. The molecule has 0 saturated carbocycles. The molecule has 0 saturated heterocycles. The molecule has 1 N–H and O–H groups in total. The lowest BCUT2D eigenvalue weighted by molar-refractivity contribution is 0.0932. The molecule has 1 amide bonds. The van der Waals surface area contributed by atoms with Gasteiger partial charge in [0.1, 0.15) is 0 Å². The summed E-state index contributed by atoms with van der Waals surface area (Å²) in [6, 6.07) is 16.9. The molecule has 122 valence electrons. The fourth-order valence-corrected chi connectivity index (χ4v) is 2.99. The quantitative estimate of drug-likeness (QED) is 0.872. The Labute approximate surface area is 140 Å². The largest absolute Gasteiger partial charge is 0.345 e. The molecule has 2 aromatic rings. The molecule has 23 heavy (non-hydrogen) atoms. The first-order chi connectivity index (χ1) is 11.0. The van der Waals surface area contributed by atoms with Gasteiger partial charge in [0.15, 0.2) is 0 Å². The zero-order valence-corrected chi connectivity index (χ0v) is 14.6. The molecule has 2 rings (SSSR count). The number of hydrogen-bond donors (Lipinski definition) is 1. The average Bonchev–Trinajstić information content (AvgIpc) is 2.54. The highest BCUT2D eigenvalue weighted by Gasteiger charge is 2.17. The monoisotopic (exact) mass is 329 g/mol. The fraction of sp³-hybridized carbons (Fsp3) is 0.316. The van der Waals surface area contributed by atoms with Crippen molar-refractivity contribution in [3.05, 3.63) is 65.7 Å². The van der Waals surface area contributed by atoms with Gasteiger partial charge >= 0.3 is 0 Å². The Morgan fingerprint density at radius 3 is 2.17 bits per heavy atom. The number of hydrogen-bond acceptors (Lipinski definition) is 2. The second kappa shape index (κ2) is 8.06. The summed E-state index contributed by atoms with van der Waals surface area (Å²) < 4.78 is 11.4. The Hall–Kier alpha value is -1.94. The van der Waals surface area contributed by atoms with Crippen LogP contribution in [0, 0.1) is 5.92 Å². The van der Waals surface area contributed by atoms with E-state index in [1.165, 1.54) is 0 Å². The highest BCUT2D eigenvalue weighted by Crippen LogP contribution is 2.21. The van der Waals surface area contributed by atoms with E-state index >= 15 is 0 Å². The van der Waals surface area contributed by atoms with Crippen molar-refractivity contribution in [3.63, 3.8) is 0 Å². The van der Waals surface area contributed by atoms with Gasteiger partial charge in [-0.05, 0) is 42.2 Å². The van der Waals surface area contributed by atoms with Crippen LogP contribution >= 0.6 is 0 Å². The molecule has 0 aliphatic carbocycles. The molecular formula is C19H23NO2S. The van der Waals surface area contributed by atoms with E-state index in [9.17, 15) is 9.00 Å². The summed E-state index contributed by atoms with van der Waals surface area (Å²) in [6.07, 6.45) is 2.51. The van der Waals surface area contributed by atoms with E-state index in [2.05, 4.69) is 19.2 Å². The van der Waals surface area contributed by atoms with Gasteiger partial charge in [0, 0.05) is 27.5 Å². The predicted octanol–water partition coefficient (Wildman–Crippen LogP) is 3.94. The lowest BCUT2D eigenvalue weighted by Crippen LogP contribution is -2.29. The zero-order chi connectivity index (χ0) is 16.8. The second-order valence-corrected chi connectivity index (χ2v) is 7.42. The maximum Gasteiger partial charge on any atom is 0.251 e. The molecule has 0 aromatic heterocycles. The minimum Gasteiger partial charge on any atom is -0.345 e. The summed E-state index contributed by atoms with van der Waals surface area (Å²) in [6.45, 7) is 4.29. The molecule has 3 nitrogen and oxygen atoms in total. The topological polar surface area (TPSA) is 46.2 Å². The summed E-state index contributed by atoms with van der Waals surface area (Å²) in [7, 11) is -1.03. The van der Waals surface area contributed by atoms with Gasteiger partial charge < -0.3 is 5.32 Å². The van der Waals surface area contributed by atoms with E-state index in [0.29, 0.717) is 11.5 Å². The maximum atomic E-state index is 12.5. The maximum absolute atomic E-state index is 12.5. The summed E-state index contributed by atoms with van der Waals surface area (Å²) in [4.78, 5) is 13.2. The summed E-state index contributed by atoms with van der Waals surface area (Å²) in [5.41, 5.74) is 1.70. The molecule has 2 aromatic carbocycles. The van der Waals surface area contributed by atoms with Gasteiger partial charge in [0.05, 0.1) is 6.04 Å². The van der Waals surface area contributed by atoms with E-state index in [1.54, 1.807) is 30.5 Å². The number of amides is 1. The minimum absolute atomic E-state index is 0.0105. The van der Waals surface area contributed by atoms with Gasteiger partial charge in [0.25, 0.3) is 5.91 Å². The Morgan fingerprint density at radius 2 is 1.65 bits per heavy atom. The van der Waals surface area contributed by atoms with Crippen LogP contribution in [-0.4, -0.2) is 16.4 Å². The molecule has 0 spiro atoms. The van der Waals surface area contributed by atoms with E-state index in [0.717, 1.165) is 16.9 Å². The molecule has 0 radical (unpaired) electrons. The average molecular weight is 329 g/mol. The molecule has 2 atom stereocenters. The summed E-state index contributed by atoms with van der Waals surface area (Å²) in [5.74, 6) is 0.373. The first kappa shape index (κ1) is 17.4. The van der Waals surface area contributed by atoms with Crippen molar-refractivity contribution in [1.82, 2.24) is 5.32 Å². The lowest BCUT2D eigenvalue weighted by Gasteiger charge is -2.21. The SMILES string of the molecule is CC(C)CC(NC(=O)c1ccc(S(C)=O)cc1)c1ccccc1. The van der Waals surface area contributed by atoms with Crippen LogP contribution < -0.4 is 5.32 Å². The van der Waals surface area contributed by atoms with E-state index in [-0.39, 0.29) is 11.9 Å². The van der Waals surface area contributed by atoms with E-state index < -0.39 is 10.8 Å². The first-order valence-corrected chi connectivity index (χ1v) is 9.32. The molecule has 0 fully saturated rings. The van der Waals surface area contributed by atoms with Crippen molar-refractivity contribution >= 4 is 16.7 Å². The van der Waals surface area contributed by atoms with Crippen molar-refractivity contribution < 1.29 is 9.00 Å². The number of carbonyl (C=O) groups excluding carboxylic acids is 1. The van der Waals surface area contributed by atoms with Crippen molar-refractivity contribution in [2.45, 2.75) is 31.2 Å². The van der Waals surface area contributed by atoms with Crippen LogP contribution in [0.1, 0.15) is 42.2 Å². The Balaban J connectivity index is 2.15. The van der Waals surface area contributed by atoms with Gasteiger partial charge in [-0.3, -0.25) is 9.00 Å². The highest BCUT2D eigenvalue weighted by atomic mass is 32.2. The van der Waals surface area contributed by atoms with Crippen molar-refractivity contribution in [2.24, 2.45) is 5.92 Å². The van der Waals surface area contributed by atoms with Gasteiger partial charge in [-0.25, -0.2) is 0 Å². The number of benzene rings is 2. The van der Waals surface area contributed by atoms with Crippen molar-refractivity contribution in [3.8, 4) is 0 Å². The minimum atomic E-state index is -1.03. The molecule has 0 heterocycles. The second-order valence-electron chi connectivity index (χ2n) is 6.04. The van der Waals surface area contributed by atoms with E-state index in [4.69, 9.17) is 0 Å². The van der Waals surface area contributed by atoms with Crippen LogP contribution in [0.4, 0.5) is 0 Å². The molecule has 0 aliphatic rings. The fourth-order valence-electron chi connectivity index (χ4n) is 2.47. The predicted molar refractivity (Wildman–Crippen MR) is 94.9 cm³/mol. The molecule has 0 aliphatic heterocycles. The van der Waals surface area contributed by atoms with Gasteiger partial charge in [-0.15, -0.1) is 0 Å². The third-order valence-electron chi connectivity index (χ3n) is 3.66. The first-order valence-electron chi connectivity index (χ1n) is 7.76. The smallest absolute Gasteiger partial charge is 0.251 e. The number of rotatable bonds is 6. The summed E-state index contributed by atoms with van der Waals surface area (Å²) in [5, 5.41) is 3.11. The van der Waals surface area contributed by atoms with Crippen LogP contribution in [0.15, 0.2) is 59.5 Å². The molecular weight excluding hydrogens is 306 g/mol. The standard InChI is InChI=1S/C19H23NO2S/c1-14(2)13-18(15-7-5-4-6-8-15)20-19(21)16-9-11-17(12-10-16)23(3)22/h4-12,14,18H,13H2,1-3H3,(H,20,21). The van der Waals surface area contributed by atoms with Crippen LogP contribution in [0.3, 0.4) is 0 Å². The lowest BCUT2D eigenvalue weighted by atomic mass is 9.96. The third kappa shape index (κ3) is 5.03. The Bertz CT molecular complexity index is 666. The van der Waals surface area contributed by atoms with Crippen molar-refractivity contribution in [1.29, 1.82) is 0 Å². The van der Waals surface area contributed by atoms with Gasteiger partial charge in [-0.1, -0.05) is 44.2 Å². The van der Waals surface area contributed by atoms with Crippen LogP contribution in [0.2, 0.25) is 0 Å².